The molecule has 2 aliphatic rings. The summed E-state index contributed by atoms with van der Waals surface area (Å²) in [6.07, 6.45) is 6.02. The van der Waals surface area contributed by atoms with E-state index >= 15 is 0 Å². The molecule has 0 spiro atoms. The number of hydrogen-bond acceptors (Lipinski definition) is 2. The van der Waals surface area contributed by atoms with Crippen molar-refractivity contribution in [2.75, 3.05) is 0 Å². The van der Waals surface area contributed by atoms with Gasteiger partial charge in [-0.25, -0.2) is 0 Å². The summed E-state index contributed by atoms with van der Waals surface area (Å²) in [6.45, 7) is 11.0. The van der Waals surface area contributed by atoms with E-state index in [-0.39, 0.29) is 17.5 Å². The quantitative estimate of drug-likeness (QED) is 0.913. The van der Waals surface area contributed by atoms with Gasteiger partial charge in [0.25, 0.3) is 5.91 Å². The van der Waals surface area contributed by atoms with Crippen LogP contribution in [0, 0.1) is 11.8 Å². The van der Waals surface area contributed by atoms with Gasteiger partial charge in [-0.3, -0.25) is 9.48 Å². The average Bonchev–Trinajstić information content (AvgIpc) is 3.20. The molecule has 23 heavy (non-hydrogen) atoms. The Bertz CT molecular complexity index is 580. The summed E-state index contributed by atoms with van der Waals surface area (Å²) in [6, 6.07) is 2.31. The molecule has 0 saturated heterocycles. The first kappa shape index (κ1) is 16.5. The summed E-state index contributed by atoms with van der Waals surface area (Å²) in [5, 5.41) is 7.91. The van der Waals surface area contributed by atoms with Gasteiger partial charge in [-0.15, -0.1) is 0 Å². The number of aromatic nitrogens is 2. The van der Waals surface area contributed by atoms with E-state index in [2.05, 4.69) is 49.7 Å². The zero-order chi connectivity index (χ0) is 16.8. The van der Waals surface area contributed by atoms with Crippen molar-refractivity contribution in [1.29, 1.82) is 0 Å². The normalized spacial score (nSPS) is 28.7. The molecule has 1 aromatic heterocycles. The maximum Gasteiger partial charge on any atom is 0.272 e. The Morgan fingerprint density at radius 2 is 1.91 bits per heavy atom. The third kappa shape index (κ3) is 3.46. The van der Waals surface area contributed by atoms with E-state index in [4.69, 9.17) is 0 Å². The zero-order valence-corrected chi connectivity index (χ0v) is 15.2. The molecule has 4 nitrogen and oxygen atoms in total. The highest BCUT2D eigenvalue weighted by Gasteiger charge is 2.34. The first-order valence-corrected chi connectivity index (χ1v) is 9.18. The molecular formula is C19H31N3O. The average molecular weight is 317 g/mol. The van der Waals surface area contributed by atoms with E-state index in [9.17, 15) is 4.79 Å². The second-order valence-corrected chi connectivity index (χ2v) is 8.66. The SMILES string of the molecule is C[C@H]1[C@H](C)CCC[C@H]1NC(=O)c1cc(C2CC2)n(C(C)(C)C)n1. The smallest absolute Gasteiger partial charge is 0.272 e. The minimum absolute atomic E-state index is 0.000787. The largest absolute Gasteiger partial charge is 0.348 e. The van der Waals surface area contributed by atoms with E-state index in [0.29, 0.717) is 23.4 Å². The maximum absolute atomic E-state index is 12.7. The van der Waals surface area contributed by atoms with Crippen molar-refractivity contribution in [3.8, 4) is 0 Å². The lowest BCUT2D eigenvalue weighted by molar-refractivity contribution is 0.0884. The van der Waals surface area contributed by atoms with Crippen LogP contribution in [0.3, 0.4) is 0 Å². The van der Waals surface area contributed by atoms with Crippen molar-refractivity contribution < 1.29 is 4.79 Å². The summed E-state index contributed by atoms with van der Waals surface area (Å²) >= 11 is 0. The van der Waals surface area contributed by atoms with Gasteiger partial charge in [0.05, 0.1) is 5.54 Å². The van der Waals surface area contributed by atoms with Crippen molar-refractivity contribution in [3.63, 3.8) is 0 Å². The van der Waals surface area contributed by atoms with E-state index in [1.807, 2.05) is 6.07 Å². The van der Waals surface area contributed by atoms with Gasteiger partial charge in [0.1, 0.15) is 5.69 Å². The molecule has 128 valence electrons. The minimum Gasteiger partial charge on any atom is -0.348 e. The van der Waals surface area contributed by atoms with Crippen LogP contribution in [0.5, 0.6) is 0 Å². The van der Waals surface area contributed by atoms with Crippen LogP contribution in [-0.2, 0) is 5.54 Å². The fourth-order valence-corrected chi connectivity index (χ4v) is 3.74. The molecule has 3 atom stereocenters. The van der Waals surface area contributed by atoms with Crippen LogP contribution in [-0.4, -0.2) is 21.7 Å². The molecular weight excluding hydrogens is 286 g/mol. The van der Waals surface area contributed by atoms with Gasteiger partial charge in [-0.2, -0.15) is 5.10 Å². The molecule has 0 bridgehead atoms. The first-order chi connectivity index (χ1) is 10.8. The van der Waals surface area contributed by atoms with Crippen molar-refractivity contribution >= 4 is 5.91 Å². The summed E-state index contributed by atoms with van der Waals surface area (Å²) in [5.41, 5.74) is 1.74. The fourth-order valence-electron chi connectivity index (χ4n) is 3.74. The fraction of sp³-hybridized carbons (Fsp3) is 0.789. The van der Waals surface area contributed by atoms with Gasteiger partial charge in [0.15, 0.2) is 0 Å². The van der Waals surface area contributed by atoms with Gasteiger partial charge >= 0.3 is 0 Å². The number of nitrogens with zero attached hydrogens (tertiary/aromatic N) is 2. The Labute approximate surface area is 140 Å². The lowest BCUT2D eigenvalue weighted by Crippen LogP contribution is -2.43. The summed E-state index contributed by atoms with van der Waals surface area (Å²) < 4.78 is 2.06. The molecule has 2 fully saturated rings. The standard InChI is InChI=1S/C19H31N3O/c1-12-7-6-8-15(13(12)2)20-18(23)16-11-17(14-9-10-14)22(21-16)19(3,4)5/h11-15H,6-10H2,1-5H3,(H,20,23)/t12-,13+,15-/m1/s1. The van der Waals surface area contributed by atoms with E-state index in [1.54, 1.807) is 0 Å². The lowest BCUT2D eigenvalue weighted by Gasteiger charge is -2.34. The van der Waals surface area contributed by atoms with Gasteiger partial charge < -0.3 is 5.32 Å². The van der Waals surface area contributed by atoms with Gasteiger partial charge in [0, 0.05) is 17.7 Å². The second-order valence-electron chi connectivity index (χ2n) is 8.66. The molecule has 3 rings (SSSR count). The zero-order valence-electron chi connectivity index (χ0n) is 15.2. The predicted octanol–water partition coefficient (Wildman–Crippen LogP) is 4.07. The second kappa shape index (κ2) is 5.95. The molecule has 0 radical (unpaired) electrons. The molecule has 0 aliphatic heterocycles. The lowest BCUT2D eigenvalue weighted by atomic mass is 9.78. The van der Waals surface area contributed by atoms with Crippen LogP contribution in [0.1, 0.15) is 88.8 Å². The highest BCUT2D eigenvalue weighted by Crippen LogP contribution is 2.41. The number of carbonyl (C=O) groups excluding carboxylic acids is 1. The van der Waals surface area contributed by atoms with Gasteiger partial charge in [0.2, 0.25) is 0 Å². The van der Waals surface area contributed by atoms with Crippen molar-refractivity contribution in [3.05, 3.63) is 17.5 Å². The van der Waals surface area contributed by atoms with Crippen LogP contribution >= 0.6 is 0 Å². The molecule has 2 aliphatic carbocycles. The molecule has 2 saturated carbocycles. The maximum atomic E-state index is 12.7. The van der Waals surface area contributed by atoms with Crippen LogP contribution in [0.25, 0.3) is 0 Å². The number of rotatable bonds is 3. The van der Waals surface area contributed by atoms with Gasteiger partial charge in [-0.05, 0) is 57.9 Å². The van der Waals surface area contributed by atoms with Crippen molar-refractivity contribution in [1.82, 2.24) is 15.1 Å². The molecule has 1 N–H and O–H groups in total. The van der Waals surface area contributed by atoms with E-state index in [0.717, 1.165) is 6.42 Å². The third-order valence-corrected chi connectivity index (χ3v) is 5.62. The van der Waals surface area contributed by atoms with Crippen LogP contribution in [0.2, 0.25) is 0 Å². The van der Waals surface area contributed by atoms with Crippen molar-refractivity contribution in [2.24, 2.45) is 11.8 Å². The molecule has 1 aromatic rings. The molecule has 0 aromatic carbocycles. The topological polar surface area (TPSA) is 46.9 Å². The first-order valence-electron chi connectivity index (χ1n) is 9.18. The highest BCUT2D eigenvalue weighted by atomic mass is 16.2. The molecule has 0 unspecified atom stereocenters. The van der Waals surface area contributed by atoms with Crippen LogP contribution in [0.15, 0.2) is 6.07 Å². The number of amides is 1. The van der Waals surface area contributed by atoms with Crippen molar-refractivity contribution in [2.45, 2.75) is 84.2 Å². The Morgan fingerprint density at radius 1 is 1.22 bits per heavy atom. The highest BCUT2D eigenvalue weighted by molar-refractivity contribution is 5.92. The number of nitrogens with one attached hydrogen (secondary N) is 1. The monoisotopic (exact) mass is 317 g/mol. The van der Waals surface area contributed by atoms with Gasteiger partial charge in [-0.1, -0.05) is 26.7 Å². The third-order valence-electron chi connectivity index (χ3n) is 5.62. The summed E-state index contributed by atoms with van der Waals surface area (Å²) in [7, 11) is 0. The Morgan fingerprint density at radius 3 is 2.52 bits per heavy atom. The van der Waals surface area contributed by atoms with Crippen LogP contribution < -0.4 is 5.32 Å². The van der Waals surface area contributed by atoms with Crippen LogP contribution in [0.4, 0.5) is 0 Å². The predicted molar refractivity (Wildman–Crippen MR) is 92.6 cm³/mol. The minimum atomic E-state index is -0.0803. The van der Waals surface area contributed by atoms with E-state index in [1.165, 1.54) is 31.4 Å². The number of carbonyl (C=O) groups is 1. The summed E-state index contributed by atoms with van der Waals surface area (Å²) in [4.78, 5) is 12.7. The number of hydrogen-bond donors (Lipinski definition) is 1. The Kier molecular flexibility index (Phi) is 4.28. The Balaban J connectivity index is 1.77. The molecule has 1 amide bonds. The summed E-state index contributed by atoms with van der Waals surface area (Å²) in [5.74, 6) is 1.82. The van der Waals surface area contributed by atoms with E-state index < -0.39 is 0 Å². The molecule has 1 heterocycles. The molecule has 4 heteroatoms. The Hall–Kier alpha value is -1.32.